The third-order valence-corrected chi connectivity index (χ3v) is 3.13. The van der Waals surface area contributed by atoms with Crippen LogP contribution in [0, 0.1) is 0 Å². The summed E-state index contributed by atoms with van der Waals surface area (Å²) in [5, 5.41) is 22.0. The highest BCUT2D eigenvalue weighted by Crippen LogP contribution is 2.33. The summed E-state index contributed by atoms with van der Waals surface area (Å²) < 4.78 is 22.2. The van der Waals surface area contributed by atoms with E-state index in [4.69, 9.17) is 24.2 Å². The minimum absolute atomic E-state index is 0.275. The molecule has 0 aromatic heterocycles. The van der Waals surface area contributed by atoms with Gasteiger partial charge in [0.2, 0.25) is 0 Å². The summed E-state index contributed by atoms with van der Waals surface area (Å²) in [6, 6.07) is 0. The van der Waals surface area contributed by atoms with Crippen molar-refractivity contribution in [3.05, 3.63) is 0 Å². The summed E-state index contributed by atoms with van der Waals surface area (Å²) in [4.78, 5) is 0. The van der Waals surface area contributed by atoms with Gasteiger partial charge in [0, 0.05) is 0 Å². The fourth-order valence-electron chi connectivity index (χ4n) is 2.36. The van der Waals surface area contributed by atoms with E-state index in [-0.39, 0.29) is 6.61 Å². The van der Waals surface area contributed by atoms with Crippen LogP contribution < -0.4 is 0 Å². The molecule has 0 spiro atoms. The lowest BCUT2D eigenvalue weighted by molar-refractivity contribution is -0.178. The summed E-state index contributed by atoms with van der Waals surface area (Å²) in [7, 11) is 0. The van der Waals surface area contributed by atoms with E-state index >= 15 is 0 Å². The van der Waals surface area contributed by atoms with Crippen LogP contribution >= 0.6 is 0 Å². The lowest BCUT2D eigenvalue weighted by Crippen LogP contribution is -2.45. The van der Waals surface area contributed by atoms with Crippen molar-refractivity contribution in [1.29, 1.82) is 0 Å². The molecule has 2 N–H and O–H groups in total. The van der Waals surface area contributed by atoms with Crippen LogP contribution in [0.2, 0.25) is 0 Å². The van der Waals surface area contributed by atoms with Crippen molar-refractivity contribution in [2.75, 3.05) is 6.61 Å². The molecule has 2 heterocycles. The summed E-state index contributed by atoms with van der Waals surface area (Å²) in [6.45, 7) is 7.30. The Morgan fingerprint density at radius 2 is 1.84 bits per heavy atom. The third-order valence-electron chi connectivity index (χ3n) is 3.13. The maximum atomic E-state index is 10.4. The van der Waals surface area contributed by atoms with Gasteiger partial charge >= 0.3 is 0 Å². The van der Waals surface area contributed by atoms with Gasteiger partial charge in [-0.25, -0.2) is 0 Å². The largest absolute Gasteiger partial charge is 0.411 e. The number of hydrogen-bond acceptors (Lipinski definition) is 7. The maximum absolute atomic E-state index is 10.4. The third kappa shape index (κ3) is 3.24. The lowest BCUT2D eigenvalue weighted by atomic mass is 10.0. The van der Waals surface area contributed by atoms with Crippen LogP contribution in [0.5, 0.6) is 0 Å². The van der Waals surface area contributed by atoms with E-state index in [2.05, 4.69) is 5.16 Å². The predicted octanol–water partition coefficient (Wildman–Crippen LogP) is 0.479. The van der Waals surface area contributed by atoms with Gasteiger partial charge in [-0.3, -0.25) is 0 Å². The predicted molar refractivity (Wildman–Crippen MR) is 65.0 cm³/mol. The van der Waals surface area contributed by atoms with Crippen LogP contribution in [0.3, 0.4) is 0 Å². The summed E-state index contributed by atoms with van der Waals surface area (Å²) in [6.07, 6.45) is -1.56. The molecule has 0 aromatic rings. The zero-order chi connectivity index (χ0) is 14.3. The average Bonchev–Trinajstić information content (AvgIpc) is 2.78. The minimum Gasteiger partial charge on any atom is -0.411 e. The maximum Gasteiger partial charge on any atom is 0.164 e. The van der Waals surface area contributed by atoms with Gasteiger partial charge in [-0.2, -0.15) is 0 Å². The minimum atomic E-state index is -0.938. The first kappa shape index (κ1) is 14.7. The fourth-order valence-corrected chi connectivity index (χ4v) is 2.36. The van der Waals surface area contributed by atoms with Gasteiger partial charge in [0.25, 0.3) is 0 Å². The molecule has 0 aromatic carbocycles. The molecule has 2 saturated heterocycles. The van der Waals surface area contributed by atoms with Crippen LogP contribution in [0.15, 0.2) is 5.16 Å². The number of aliphatic hydroxyl groups is 1. The fraction of sp³-hybridized carbons (Fsp3) is 0.917. The quantitative estimate of drug-likeness (QED) is 0.442. The molecule has 7 heteroatoms. The monoisotopic (exact) mass is 275 g/mol. The van der Waals surface area contributed by atoms with Crippen molar-refractivity contribution in [1.82, 2.24) is 0 Å². The van der Waals surface area contributed by atoms with Gasteiger partial charge in [-0.1, -0.05) is 5.16 Å². The number of hydrogen-bond donors (Lipinski definition) is 2. The summed E-state index contributed by atoms with van der Waals surface area (Å²) in [5.41, 5.74) is 0. The van der Waals surface area contributed by atoms with E-state index in [1.807, 2.05) is 0 Å². The molecule has 2 aliphatic heterocycles. The molecule has 110 valence electrons. The van der Waals surface area contributed by atoms with Gasteiger partial charge in [0.05, 0.1) is 12.8 Å². The Morgan fingerprint density at radius 3 is 2.37 bits per heavy atom. The van der Waals surface area contributed by atoms with Crippen molar-refractivity contribution in [2.24, 2.45) is 5.16 Å². The zero-order valence-corrected chi connectivity index (χ0v) is 11.6. The highest BCUT2D eigenvalue weighted by atomic mass is 16.8. The molecule has 7 nitrogen and oxygen atoms in total. The molecule has 2 aliphatic rings. The molecule has 2 rings (SSSR count). The van der Waals surface area contributed by atoms with Gasteiger partial charge < -0.3 is 29.3 Å². The molecule has 0 saturated carbocycles. The summed E-state index contributed by atoms with van der Waals surface area (Å²) >= 11 is 0. The molecule has 0 aliphatic carbocycles. The highest BCUT2D eigenvalue weighted by molar-refractivity contribution is 5.64. The second-order valence-corrected chi connectivity index (χ2v) is 5.69. The van der Waals surface area contributed by atoms with Crippen molar-refractivity contribution < 1.29 is 29.3 Å². The molecule has 0 amide bonds. The lowest BCUT2D eigenvalue weighted by Gasteiger charge is -2.25. The second kappa shape index (κ2) is 4.99. The SMILES string of the molecule is CC1(C)O[C@@H]([C@H](O)[C@H]2COC(C)(C)O2)[C@@H](C=NO)O1. The van der Waals surface area contributed by atoms with Crippen LogP contribution in [0.1, 0.15) is 27.7 Å². The Labute approximate surface area is 112 Å². The van der Waals surface area contributed by atoms with Crippen molar-refractivity contribution in [3.8, 4) is 0 Å². The van der Waals surface area contributed by atoms with Crippen molar-refractivity contribution in [2.45, 2.75) is 63.7 Å². The first-order valence-electron chi connectivity index (χ1n) is 6.27. The molecule has 4 atom stereocenters. The Kier molecular flexibility index (Phi) is 3.85. The van der Waals surface area contributed by atoms with E-state index in [0.717, 1.165) is 0 Å². The average molecular weight is 275 g/mol. The Bertz CT molecular complexity index is 356. The first-order chi connectivity index (χ1) is 8.74. The Hall–Kier alpha value is -0.730. The number of oxime groups is 1. The number of rotatable bonds is 3. The highest BCUT2D eigenvalue weighted by Gasteiger charge is 2.49. The van der Waals surface area contributed by atoms with E-state index in [9.17, 15) is 5.11 Å². The molecule has 0 radical (unpaired) electrons. The normalized spacial score (nSPS) is 38.9. The smallest absolute Gasteiger partial charge is 0.164 e. The van der Waals surface area contributed by atoms with Gasteiger partial charge in [-0.05, 0) is 27.7 Å². The van der Waals surface area contributed by atoms with E-state index < -0.39 is 36.0 Å². The molecule has 0 unspecified atom stereocenters. The zero-order valence-electron chi connectivity index (χ0n) is 11.6. The van der Waals surface area contributed by atoms with Crippen molar-refractivity contribution >= 4 is 6.21 Å². The molecule has 2 fully saturated rings. The first-order valence-corrected chi connectivity index (χ1v) is 6.27. The topological polar surface area (TPSA) is 89.7 Å². The molecular weight excluding hydrogens is 254 g/mol. The van der Waals surface area contributed by atoms with Crippen LogP contribution in [0.4, 0.5) is 0 Å². The van der Waals surface area contributed by atoms with Crippen LogP contribution in [-0.4, -0.2) is 59.1 Å². The van der Waals surface area contributed by atoms with Crippen molar-refractivity contribution in [3.63, 3.8) is 0 Å². The van der Waals surface area contributed by atoms with Gasteiger partial charge in [0.15, 0.2) is 11.6 Å². The standard InChI is InChI=1S/C12H21NO6/c1-11(2)16-6-8(18-11)9(14)10-7(5-13-15)17-12(3,4)19-10/h5,7-10,14-15H,6H2,1-4H3/t7-,8-,9-,10-/m1/s1. The molecular formula is C12H21NO6. The number of ether oxygens (including phenoxy) is 4. The number of aliphatic hydroxyl groups excluding tert-OH is 1. The van der Waals surface area contributed by atoms with E-state index in [0.29, 0.717) is 0 Å². The Balaban J connectivity index is 2.07. The Morgan fingerprint density at radius 1 is 1.16 bits per heavy atom. The van der Waals surface area contributed by atoms with Crippen LogP contribution in [0.25, 0.3) is 0 Å². The second-order valence-electron chi connectivity index (χ2n) is 5.69. The number of nitrogens with zero attached hydrogens (tertiary/aromatic N) is 1. The molecule has 19 heavy (non-hydrogen) atoms. The van der Waals surface area contributed by atoms with E-state index in [1.165, 1.54) is 6.21 Å². The molecule has 0 bridgehead atoms. The summed E-state index contributed by atoms with van der Waals surface area (Å²) in [5.74, 6) is -1.58. The van der Waals surface area contributed by atoms with Crippen LogP contribution in [-0.2, 0) is 18.9 Å². The van der Waals surface area contributed by atoms with Gasteiger partial charge in [0.1, 0.15) is 24.4 Å². The van der Waals surface area contributed by atoms with Gasteiger partial charge in [-0.15, -0.1) is 0 Å². The van der Waals surface area contributed by atoms with E-state index in [1.54, 1.807) is 27.7 Å².